The summed E-state index contributed by atoms with van der Waals surface area (Å²) < 4.78 is 5.81. The molecule has 0 saturated carbocycles. The van der Waals surface area contributed by atoms with Crippen molar-refractivity contribution in [2.24, 2.45) is 11.8 Å². The second-order valence-electron chi connectivity index (χ2n) is 8.36. The van der Waals surface area contributed by atoms with Crippen LogP contribution in [0.3, 0.4) is 0 Å². The van der Waals surface area contributed by atoms with E-state index < -0.39 is 0 Å². The van der Waals surface area contributed by atoms with Gasteiger partial charge in [-0.2, -0.15) is 0 Å². The number of hydrogen-bond acceptors (Lipinski definition) is 3. The van der Waals surface area contributed by atoms with Crippen molar-refractivity contribution in [1.82, 2.24) is 10.2 Å². The summed E-state index contributed by atoms with van der Waals surface area (Å²) in [6.07, 6.45) is 1.14. The molecule has 0 spiro atoms. The van der Waals surface area contributed by atoms with Crippen LogP contribution in [0.15, 0.2) is 36.4 Å². The van der Waals surface area contributed by atoms with Gasteiger partial charge in [0.1, 0.15) is 5.75 Å². The molecule has 0 aromatic heterocycles. The summed E-state index contributed by atoms with van der Waals surface area (Å²) in [5.74, 6) is 1.21. The Morgan fingerprint density at radius 1 is 1.11 bits per heavy atom. The molecule has 2 aromatic rings. The van der Waals surface area contributed by atoms with Crippen molar-refractivity contribution in [2.45, 2.75) is 40.2 Å². The number of hydrogen-bond donors (Lipinski definition) is 1. The van der Waals surface area contributed by atoms with Crippen LogP contribution in [0.2, 0.25) is 0 Å². The Kier molecular flexibility index (Phi) is 6.22. The lowest BCUT2D eigenvalue weighted by Gasteiger charge is -2.35. The molecule has 1 saturated heterocycles. The molecule has 0 aliphatic carbocycles. The molecule has 1 heterocycles. The van der Waals surface area contributed by atoms with Gasteiger partial charge in [0.05, 0.1) is 5.56 Å². The number of ether oxygens (including phenoxy) is 1. The molecule has 0 radical (unpaired) electrons. The molecular formula is C23H30N2O3. The quantitative estimate of drug-likeness (QED) is 0.854. The van der Waals surface area contributed by atoms with Crippen molar-refractivity contribution in [2.75, 3.05) is 19.7 Å². The highest BCUT2D eigenvalue weighted by atomic mass is 16.5. The highest BCUT2D eigenvalue weighted by Crippen LogP contribution is 2.30. The number of amides is 2. The Morgan fingerprint density at radius 3 is 2.32 bits per heavy atom. The number of nitrogens with one attached hydrogen (secondary N) is 1. The van der Waals surface area contributed by atoms with E-state index in [0.717, 1.165) is 30.3 Å². The average molecular weight is 383 g/mol. The Labute approximate surface area is 167 Å². The van der Waals surface area contributed by atoms with Gasteiger partial charge >= 0.3 is 0 Å². The Balaban J connectivity index is 1.90. The second-order valence-corrected chi connectivity index (χ2v) is 8.36. The van der Waals surface area contributed by atoms with Crippen molar-refractivity contribution in [3.05, 3.63) is 42.0 Å². The zero-order valence-electron chi connectivity index (χ0n) is 17.2. The topological polar surface area (TPSA) is 58.6 Å². The number of benzene rings is 2. The SMILES string of the molecule is CC1CC(C)CN(C(=O)c2cc3ccccc3cc2OCC(=O)NC(C)C)C1. The van der Waals surface area contributed by atoms with Gasteiger partial charge in [0.25, 0.3) is 11.8 Å². The maximum absolute atomic E-state index is 13.3. The van der Waals surface area contributed by atoms with E-state index >= 15 is 0 Å². The summed E-state index contributed by atoms with van der Waals surface area (Å²) in [4.78, 5) is 27.3. The molecule has 3 rings (SSSR count). The fourth-order valence-corrected chi connectivity index (χ4v) is 4.01. The Hall–Kier alpha value is -2.56. The van der Waals surface area contributed by atoms with Gasteiger partial charge in [0.15, 0.2) is 6.61 Å². The lowest BCUT2D eigenvalue weighted by molar-refractivity contribution is -0.123. The van der Waals surface area contributed by atoms with E-state index in [9.17, 15) is 9.59 Å². The van der Waals surface area contributed by atoms with Gasteiger partial charge in [0, 0.05) is 19.1 Å². The molecule has 1 N–H and O–H groups in total. The van der Waals surface area contributed by atoms with Gasteiger partial charge in [-0.25, -0.2) is 0 Å². The molecule has 2 atom stereocenters. The Morgan fingerprint density at radius 2 is 1.71 bits per heavy atom. The molecule has 2 aromatic carbocycles. The number of likely N-dealkylation sites (tertiary alicyclic amines) is 1. The van der Waals surface area contributed by atoms with Crippen LogP contribution in [-0.4, -0.2) is 42.5 Å². The molecule has 150 valence electrons. The van der Waals surface area contributed by atoms with Gasteiger partial charge in [-0.1, -0.05) is 38.1 Å². The van der Waals surface area contributed by atoms with Crippen LogP contribution in [0.4, 0.5) is 0 Å². The first-order valence-electron chi connectivity index (χ1n) is 10.1. The number of piperidine rings is 1. The molecule has 5 heteroatoms. The van der Waals surface area contributed by atoms with E-state index in [4.69, 9.17) is 4.74 Å². The molecule has 2 unspecified atom stereocenters. The maximum Gasteiger partial charge on any atom is 0.258 e. The number of nitrogens with zero attached hydrogens (tertiary/aromatic N) is 1. The highest BCUT2D eigenvalue weighted by Gasteiger charge is 2.28. The lowest BCUT2D eigenvalue weighted by Crippen LogP contribution is -2.42. The van der Waals surface area contributed by atoms with Gasteiger partial charge in [-0.05, 0) is 55.0 Å². The minimum Gasteiger partial charge on any atom is -0.483 e. The fraction of sp³-hybridized carbons (Fsp3) is 0.478. The number of carbonyl (C=O) groups excluding carboxylic acids is 2. The third-order valence-corrected chi connectivity index (χ3v) is 5.04. The van der Waals surface area contributed by atoms with Crippen LogP contribution in [0.1, 0.15) is 44.5 Å². The zero-order valence-corrected chi connectivity index (χ0v) is 17.2. The molecule has 1 fully saturated rings. The molecule has 1 aliphatic rings. The van der Waals surface area contributed by atoms with Gasteiger partial charge in [0.2, 0.25) is 0 Å². The molecule has 0 bridgehead atoms. The molecule has 1 aliphatic heterocycles. The summed E-state index contributed by atoms with van der Waals surface area (Å²) in [5, 5.41) is 4.79. The third kappa shape index (κ3) is 4.83. The minimum atomic E-state index is -0.193. The maximum atomic E-state index is 13.3. The van der Waals surface area contributed by atoms with Gasteiger partial charge in [-0.15, -0.1) is 0 Å². The van der Waals surface area contributed by atoms with Crippen molar-refractivity contribution in [3.8, 4) is 5.75 Å². The van der Waals surface area contributed by atoms with Crippen molar-refractivity contribution in [1.29, 1.82) is 0 Å². The summed E-state index contributed by atoms with van der Waals surface area (Å²) >= 11 is 0. The van der Waals surface area contributed by atoms with Crippen molar-refractivity contribution in [3.63, 3.8) is 0 Å². The first-order valence-corrected chi connectivity index (χ1v) is 10.1. The van der Waals surface area contributed by atoms with E-state index in [1.165, 1.54) is 0 Å². The predicted octanol–water partition coefficient (Wildman–Crippen LogP) is 3.86. The normalized spacial score (nSPS) is 19.7. The van der Waals surface area contributed by atoms with Crippen LogP contribution in [-0.2, 0) is 4.79 Å². The van der Waals surface area contributed by atoms with Crippen LogP contribution in [0.5, 0.6) is 5.75 Å². The van der Waals surface area contributed by atoms with Crippen LogP contribution in [0, 0.1) is 11.8 Å². The summed E-state index contributed by atoms with van der Waals surface area (Å²) in [6.45, 7) is 9.58. The molecule has 5 nitrogen and oxygen atoms in total. The zero-order chi connectivity index (χ0) is 20.3. The first kappa shape index (κ1) is 20.2. The number of fused-ring (bicyclic) bond motifs is 1. The van der Waals surface area contributed by atoms with Crippen molar-refractivity contribution >= 4 is 22.6 Å². The average Bonchev–Trinajstić information content (AvgIpc) is 2.63. The largest absolute Gasteiger partial charge is 0.483 e. The van der Waals surface area contributed by atoms with Crippen LogP contribution in [0.25, 0.3) is 10.8 Å². The number of rotatable bonds is 5. The molecular weight excluding hydrogens is 352 g/mol. The van der Waals surface area contributed by atoms with Crippen LogP contribution >= 0.6 is 0 Å². The summed E-state index contributed by atoms with van der Waals surface area (Å²) in [5.41, 5.74) is 0.525. The van der Waals surface area contributed by atoms with E-state index in [1.807, 2.05) is 55.1 Å². The molecule has 2 amide bonds. The Bertz CT molecular complexity index is 852. The van der Waals surface area contributed by atoms with Gasteiger partial charge < -0.3 is 15.0 Å². The summed E-state index contributed by atoms with van der Waals surface area (Å²) in [7, 11) is 0. The summed E-state index contributed by atoms with van der Waals surface area (Å²) in [6, 6.07) is 11.7. The standard InChI is InChI=1S/C23H30N2O3/c1-15(2)24-22(26)14-28-21-11-19-8-6-5-7-18(19)10-20(21)23(27)25-12-16(3)9-17(4)13-25/h5-8,10-11,15-17H,9,12-14H2,1-4H3,(H,24,26). The highest BCUT2D eigenvalue weighted by molar-refractivity contribution is 6.01. The first-order chi connectivity index (χ1) is 13.3. The van der Waals surface area contributed by atoms with E-state index in [2.05, 4.69) is 19.2 Å². The molecule has 28 heavy (non-hydrogen) atoms. The van der Waals surface area contributed by atoms with E-state index in [1.54, 1.807) is 0 Å². The third-order valence-electron chi connectivity index (χ3n) is 5.04. The lowest BCUT2D eigenvalue weighted by atomic mass is 9.91. The second kappa shape index (κ2) is 8.63. The minimum absolute atomic E-state index is 0.0246. The fourth-order valence-electron chi connectivity index (χ4n) is 4.01. The van der Waals surface area contributed by atoms with Gasteiger partial charge in [-0.3, -0.25) is 9.59 Å². The number of carbonyl (C=O) groups is 2. The monoisotopic (exact) mass is 382 g/mol. The van der Waals surface area contributed by atoms with Crippen molar-refractivity contribution < 1.29 is 14.3 Å². The van der Waals surface area contributed by atoms with E-state index in [0.29, 0.717) is 23.1 Å². The van der Waals surface area contributed by atoms with Crippen LogP contribution < -0.4 is 10.1 Å². The predicted molar refractivity (Wildman–Crippen MR) is 112 cm³/mol. The smallest absolute Gasteiger partial charge is 0.258 e. The van der Waals surface area contributed by atoms with E-state index in [-0.39, 0.29) is 24.5 Å².